The Morgan fingerprint density at radius 2 is 2.00 bits per heavy atom. The van der Waals surface area contributed by atoms with E-state index in [9.17, 15) is 18.4 Å². The second kappa shape index (κ2) is 5.21. The van der Waals surface area contributed by atoms with E-state index >= 15 is 0 Å². The predicted molar refractivity (Wildman–Crippen MR) is 63.0 cm³/mol. The zero-order valence-corrected chi connectivity index (χ0v) is 9.87. The number of carbonyl (C=O) groups excluding carboxylic acids is 1. The van der Waals surface area contributed by atoms with Crippen LogP contribution >= 0.6 is 0 Å². The quantitative estimate of drug-likeness (QED) is 0.774. The summed E-state index contributed by atoms with van der Waals surface area (Å²) in [5, 5.41) is 13.9. The van der Waals surface area contributed by atoms with Gasteiger partial charge in [0.05, 0.1) is 5.56 Å². The van der Waals surface area contributed by atoms with Crippen LogP contribution in [0.4, 0.5) is 14.5 Å². The fourth-order valence-corrected chi connectivity index (χ4v) is 1.89. The van der Waals surface area contributed by atoms with Gasteiger partial charge in [-0.2, -0.15) is 0 Å². The molecule has 19 heavy (non-hydrogen) atoms. The molecule has 1 saturated heterocycles. The summed E-state index contributed by atoms with van der Waals surface area (Å²) in [5.74, 6) is -3.42. The molecule has 3 N–H and O–H groups in total. The molecule has 1 atom stereocenters. The number of rotatable bonds is 3. The van der Waals surface area contributed by atoms with E-state index in [1.165, 1.54) is 0 Å². The number of hydrogen-bond acceptors (Lipinski definition) is 3. The molecule has 0 aromatic heterocycles. The molecule has 2 rings (SSSR count). The van der Waals surface area contributed by atoms with Gasteiger partial charge in [-0.1, -0.05) is 0 Å². The van der Waals surface area contributed by atoms with Crippen LogP contribution in [-0.2, 0) is 4.79 Å². The third kappa shape index (κ3) is 2.98. The number of hydrogen-bond donors (Lipinski definition) is 3. The number of aromatic carboxylic acids is 1. The molecule has 5 nitrogen and oxygen atoms in total. The largest absolute Gasteiger partial charge is 0.478 e. The molecule has 1 aliphatic rings. The fourth-order valence-electron chi connectivity index (χ4n) is 1.89. The van der Waals surface area contributed by atoms with Crippen LogP contribution in [0.3, 0.4) is 0 Å². The Morgan fingerprint density at radius 1 is 1.37 bits per heavy atom. The van der Waals surface area contributed by atoms with Gasteiger partial charge in [0.2, 0.25) is 5.91 Å². The highest BCUT2D eigenvalue weighted by molar-refractivity contribution is 5.88. The van der Waals surface area contributed by atoms with Crippen molar-refractivity contribution in [3.8, 4) is 0 Å². The number of carboxylic acid groups (broad SMARTS) is 1. The van der Waals surface area contributed by atoms with Crippen LogP contribution in [0.15, 0.2) is 12.1 Å². The van der Waals surface area contributed by atoms with E-state index in [0.29, 0.717) is 6.42 Å². The number of piperidine rings is 1. The normalized spacial score (nSPS) is 18.8. The summed E-state index contributed by atoms with van der Waals surface area (Å²) in [7, 11) is 0. The third-order valence-electron chi connectivity index (χ3n) is 2.90. The third-order valence-corrected chi connectivity index (χ3v) is 2.90. The van der Waals surface area contributed by atoms with E-state index in [4.69, 9.17) is 5.11 Å². The molecule has 1 aliphatic heterocycles. The maximum atomic E-state index is 13.6. The van der Waals surface area contributed by atoms with E-state index in [-0.39, 0.29) is 30.6 Å². The smallest absolute Gasteiger partial charge is 0.335 e. The van der Waals surface area contributed by atoms with E-state index in [1.807, 2.05) is 0 Å². The second-order valence-corrected chi connectivity index (χ2v) is 4.30. The van der Waals surface area contributed by atoms with Crippen LogP contribution in [0, 0.1) is 11.6 Å². The van der Waals surface area contributed by atoms with Gasteiger partial charge < -0.3 is 15.7 Å². The number of amides is 1. The zero-order valence-electron chi connectivity index (χ0n) is 9.87. The lowest BCUT2D eigenvalue weighted by atomic mass is 10.1. The first-order valence-corrected chi connectivity index (χ1v) is 5.73. The van der Waals surface area contributed by atoms with Gasteiger partial charge in [-0.3, -0.25) is 4.79 Å². The average Bonchev–Trinajstić information content (AvgIpc) is 2.35. The Kier molecular flexibility index (Phi) is 3.64. The molecule has 0 radical (unpaired) electrons. The lowest BCUT2D eigenvalue weighted by molar-refractivity contribution is -0.122. The fraction of sp³-hybridized carbons (Fsp3) is 0.333. The van der Waals surface area contributed by atoms with Crippen molar-refractivity contribution < 1.29 is 23.5 Å². The van der Waals surface area contributed by atoms with Gasteiger partial charge in [-0.25, -0.2) is 13.6 Å². The molecule has 7 heteroatoms. The average molecular weight is 270 g/mol. The van der Waals surface area contributed by atoms with Gasteiger partial charge >= 0.3 is 5.97 Å². The van der Waals surface area contributed by atoms with E-state index in [2.05, 4.69) is 10.6 Å². The molecule has 0 spiro atoms. The number of halogens is 2. The molecule has 1 aromatic carbocycles. The molecule has 1 aromatic rings. The van der Waals surface area contributed by atoms with E-state index in [1.54, 1.807) is 0 Å². The van der Waals surface area contributed by atoms with Crippen LogP contribution < -0.4 is 10.6 Å². The number of carbonyl (C=O) groups is 2. The molecule has 1 amide bonds. The van der Waals surface area contributed by atoms with Crippen LogP contribution in [0.1, 0.15) is 23.2 Å². The van der Waals surface area contributed by atoms with E-state index in [0.717, 1.165) is 12.1 Å². The molecule has 1 unspecified atom stereocenters. The molecule has 1 fully saturated rings. The number of carboxylic acids is 1. The van der Waals surface area contributed by atoms with Gasteiger partial charge in [0, 0.05) is 19.0 Å². The molecule has 102 valence electrons. The predicted octanol–water partition coefficient (Wildman–Crippen LogP) is 1.35. The minimum absolute atomic E-state index is 0.0970. The first-order valence-electron chi connectivity index (χ1n) is 5.73. The van der Waals surface area contributed by atoms with Gasteiger partial charge in [-0.15, -0.1) is 0 Å². The van der Waals surface area contributed by atoms with Gasteiger partial charge in [0.1, 0.15) is 17.3 Å². The highest BCUT2D eigenvalue weighted by atomic mass is 19.1. The standard InChI is InChI=1S/C12H12F2N2O3/c13-8-3-6(12(18)19)4-9(14)11(8)16-7-1-2-10(17)15-5-7/h3-4,7,16H,1-2,5H2,(H,15,17)(H,18,19). The Balaban J connectivity index is 2.16. The van der Waals surface area contributed by atoms with Gasteiger partial charge in [-0.05, 0) is 18.6 Å². The topological polar surface area (TPSA) is 78.4 Å². The molecular formula is C12H12F2N2O3. The minimum atomic E-state index is -1.39. The van der Waals surface area contributed by atoms with Gasteiger partial charge in [0.15, 0.2) is 0 Å². The Bertz CT molecular complexity index is 501. The van der Waals surface area contributed by atoms with Crippen molar-refractivity contribution in [3.05, 3.63) is 29.3 Å². The van der Waals surface area contributed by atoms with Crippen molar-refractivity contribution in [2.75, 3.05) is 11.9 Å². The Hall–Kier alpha value is -2.18. The zero-order chi connectivity index (χ0) is 14.0. The Labute approximate surface area is 107 Å². The number of anilines is 1. The highest BCUT2D eigenvalue weighted by Gasteiger charge is 2.21. The SMILES string of the molecule is O=C1CCC(Nc2c(F)cc(C(=O)O)cc2F)CN1. The van der Waals surface area contributed by atoms with Crippen LogP contribution in [0.25, 0.3) is 0 Å². The summed E-state index contributed by atoms with van der Waals surface area (Å²) >= 11 is 0. The van der Waals surface area contributed by atoms with Crippen molar-refractivity contribution in [2.24, 2.45) is 0 Å². The maximum Gasteiger partial charge on any atom is 0.335 e. The summed E-state index contributed by atoms with van der Waals surface area (Å²) in [6.45, 7) is 0.276. The van der Waals surface area contributed by atoms with Crippen molar-refractivity contribution in [2.45, 2.75) is 18.9 Å². The van der Waals surface area contributed by atoms with E-state index < -0.39 is 23.2 Å². The van der Waals surface area contributed by atoms with Crippen LogP contribution in [0.2, 0.25) is 0 Å². The second-order valence-electron chi connectivity index (χ2n) is 4.30. The van der Waals surface area contributed by atoms with Crippen molar-refractivity contribution >= 4 is 17.6 Å². The number of nitrogens with one attached hydrogen (secondary N) is 2. The lowest BCUT2D eigenvalue weighted by Crippen LogP contribution is -2.42. The highest BCUT2D eigenvalue weighted by Crippen LogP contribution is 2.23. The van der Waals surface area contributed by atoms with Gasteiger partial charge in [0.25, 0.3) is 0 Å². The molecule has 0 saturated carbocycles. The van der Waals surface area contributed by atoms with Crippen LogP contribution in [-0.4, -0.2) is 29.6 Å². The summed E-state index contributed by atoms with van der Waals surface area (Å²) in [4.78, 5) is 21.6. The van der Waals surface area contributed by atoms with Crippen molar-refractivity contribution in [1.82, 2.24) is 5.32 Å². The first-order chi connectivity index (χ1) is 8.97. The lowest BCUT2D eigenvalue weighted by Gasteiger charge is -2.24. The van der Waals surface area contributed by atoms with Crippen molar-refractivity contribution in [1.29, 1.82) is 0 Å². The summed E-state index contributed by atoms with van der Waals surface area (Å²) in [6, 6.07) is 1.24. The van der Waals surface area contributed by atoms with Crippen molar-refractivity contribution in [3.63, 3.8) is 0 Å². The maximum absolute atomic E-state index is 13.6. The molecular weight excluding hydrogens is 258 g/mol. The molecule has 0 bridgehead atoms. The minimum Gasteiger partial charge on any atom is -0.478 e. The summed E-state index contributed by atoms with van der Waals surface area (Å²) in [5.41, 5.74) is -0.816. The summed E-state index contributed by atoms with van der Waals surface area (Å²) in [6.07, 6.45) is 0.750. The molecule has 1 heterocycles. The number of benzene rings is 1. The summed E-state index contributed by atoms with van der Waals surface area (Å²) < 4.78 is 27.3. The first kappa shape index (κ1) is 13.3. The monoisotopic (exact) mass is 270 g/mol. The van der Waals surface area contributed by atoms with Crippen LogP contribution in [0.5, 0.6) is 0 Å². The Morgan fingerprint density at radius 3 is 2.47 bits per heavy atom. The molecule has 0 aliphatic carbocycles.